The van der Waals surface area contributed by atoms with Gasteiger partial charge in [0.1, 0.15) is 0 Å². The first kappa shape index (κ1) is 19.1. The summed E-state index contributed by atoms with van der Waals surface area (Å²) in [5.74, 6) is 0.0823. The van der Waals surface area contributed by atoms with Gasteiger partial charge in [0.25, 0.3) is 0 Å². The Morgan fingerprint density at radius 2 is 1.70 bits per heavy atom. The molecule has 0 fully saturated rings. The van der Waals surface area contributed by atoms with Gasteiger partial charge in [-0.1, -0.05) is 44.3 Å². The summed E-state index contributed by atoms with van der Waals surface area (Å²) in [4.78, 5) is 13.6. The fourth-order valence-electron chi connectivity index (χ4n) is 1.98. The molecule has 0 saturated carbocycles. The van der Waals surface area contributed by atoms with Crippen molar-refractivity contribution in [3.05, 3.63) is 12.2 Å². The van der Waals surface area contributed by atoms with E-state index in [2.05, 4.69) is 10.2 Å². The highest BCUT2D eigenvalue weighted by molar-refractivity contribution is 5.77. The van der Waals surface area contributed by atoms with E-state index in [1.165, 1.54) is 32.1 Å². The van der Waals surface area contributed by atoms with Gasteiger partial charge in [-0.15, -0.1) is 0 Å². The Kier molecular flexibility index (Phi) is 13.9. The number of nitrogens with zero attached hydrogens (tertiary/aromatic N) is 1. The minimum absolute atomic E-state index is 0.0823. The van der Waals surface area contributed by atoms with Crippen LogP contribution in [0.3, 0.4) is 0 Å². The van der Waals surface area contributed by atoms with Crippen molar-refractivity contribution in [2.45, 2.75) is 58.3 Å². The SMILES string of the molecule is C/C=C/CC(=O)NCN(C)CCCCCCCCCO. The minimum Gasteiger partial charge on any atom is -0.396 e. The predicted molar refractivity (Wildman–Crippen MR) is 84.5 cm³/mol. The van der Waals surface area contributed by atoms with E-state index < -0.39 is 0 Å². The van der Waals surface area contributed by atoms with Crippen molar-refractivity contribution in [3.8, 4) is 0 Å². The van der Waals surface area contributed by atoms with Crippen LogP contribution >= 0.6 is 0 Å². The van der Waals surface area contributed by atoms with Crippen LogP contribution in [0.4, 0.5) is 0 Å². The molecule has 0 rings (SSSR count). The summed E-state index contributed by atoms with van der Waals surface area (Å²) in [6.45, 7) is 3.90. The van der Waals surface area contributed by atoms with E-state index in [-0.39, 0.29) is 5.91 Å². The first-order valence-corrected chi connectivity index (χ1v) is 7.88. The number of rotatable bonds is 13. The predicted octanol–water partition coefficient (Wildman–Crippen LogP) is 2.68. The van der Waals surface area contributed by atoms with Gasteiger partial charge < -0.3 is 10.4 Å². The molecule has 20 heavy (non-hydrogen) atoms. The third-order valence-electron chi connectivity index (χ3n) is 3.28. The Morgan fingerprint density at radius 3 is 2.30 bits per heavy atom. The first-order valence-electron chi connectivity index (χ1n) is 7.88. The summed E-state index contributed by atoms with van der Waals surface area (Å²) in [5, 5.41) is 11.6. The number of aliphatic hydroxyl groups is 1. The van der Waals surface area contributed by atoms with Gasteiger partial charge in [0.05, 0.1) is 6.67 Å². The second-order valence-electron chi connectivity index (χ2n) is 5.31. The topological polar surface area (TPSA) is 52.6 Å². The number of hydrogen-bond donors (Lipinski definition) is 2. The lowest BCUT2D eigenvalue weighted by atomic mass is 10.1. The van der Waals surface area contributed by atoms with Crippen molar-refractivity contribution in [2.75, 3.05) is 26.9 Å². The van der Waals surface area contributed by atoms with Crippen LogP contribution in [0.5, 0.6) is 0 Å². The number of amides is 1. The van der Waals surface area contributed by atoms with E-state index in [4.69, 9.17) is 5.11 Å². The van der Waals surface area contributed by atoms with Crippen LogP contribution in [-0.2, 0) is 4.79 Å². The van der Waals surface area contributed by atoms with Gasteiger partial charge in [-0.05, 0) is 33.4 Å². The van der Waals surface area contributed by atoms with Gasteiger partial charge in [0, 0.05) is 13.0 Å². The number of unbranched alkanes of at least 4 members (excludes halogenated alkanes) is 6. The van der Waals surface area contributed by atoms with Gasteiger partial charge in [0.15, 0.2) is 0 Å². The lowest BCUT2D eigenvalue weighted by molar-refractivity contribution is -0.120. The Morgan fingerprint density at radius 1 is 1.10 bits per heavy atom. The molecule has 0 atom stereocenters. The van der Waals surface area contributed by atoms with Crippen LogP contribution in [0.1, 0.15) is 58.3 Å². The number of hydrogen-bond acceptors (Lipinski definition) is 3. The van der Waals surface area contributed by atoms with E-state index in [0.717, 1.165) is 19.4 Å². The molecule has 0 aromatic carbocycles. The molecule has 0 aromatic heterocycles. The Labute approximate surface area is 124 Å². The maximum Gasteiger partial charge on any atom is 0.224 e. The third kappa shape index (κ3) is 13.6. The van der Waals surface area contributed by atoms with E-state index in [0.29, 0.717) is 19.7 Å². The molecule has 0 bridgehead atoms. The summed E-state index contributed by atoms with van der Waals surface area (Å²) in [6, 6.07) is 0. The zero-order valence-corrected chi connectivity index (χ0v) is 13.2. The third-order valence-corrected chi connectivity index (χ3v) is 3.28. The van der Waals surface area contributed by atoms with Crippen LogP contribution in [-0.4, -0.2) is 42.8 Å². The van der Waals surface area contributed by atoms with Crippen LogP contribution < -0.4 is 5.32 Å². The first-order chi connectivity index (χ1) is 9.70. The van der Waals surface area contributed by atoms with Gasteiger partial charge in [0.2, 0.25) is 5.91 Å². The zero-order chi connectivity index (χ0) is 15.1. The number of allylic oxidation sites excluding steroid dienone is 1. The maximum absolute atomic E-state index is 11.4. The minimum atomic E-state index is 0.0823. The van der Waals surface area contributed by atoms with Crippen molar-refractivity contribution in [1.82, 2.24) is 10.2 Å². The van der Waals surface area contributed by atoms with Crippen molar-refractivity contribution < 1.29 is 9.90 Å². The molecule has 4 nitrogen and oxygen atoms in total. The summed E-state index contributed by atoms with van der Waals surface area (Å²) in [5.41, 5.74) is 0. The monoisotopic (exact) mass is 284 g/mol. The highest BCUT2D eigenvalue weighted by atomic mass is 16.2. The Hall–Kier alpha value is -0.870. The molecule has 118 valence electrons. The molecular weight excluding hydrogens is 252 g/mol. The average Bonchev–Trinajstić information content (AvgIpc) is 2.45. The number of carbonyl (C=O) groups is 1. The van der Waals surface area contributed by atoms with Crippen molar-refractivity contribution in [3.63, 3.8) is 0 Å². The number of nitrogens with one attached hydrogen (secondary N) is 1. The standard InChI is InChI=1S/C16H32N2O2/c1-3-4-12-16(20)17-15-18(2)13-10-8-6-5-7-9-11-14-19/h3-4,19H,5-15H2,1-2H3,(H,17,20)/b4-3+. The van der Waals surface area contributed by atoms with Crippen LogP contribution in [0, 0.1) is 0 Å². The molecule has 0 heterocycles. The Balaban J connectivity index is 3.32. The number of carbonyl (C=O) groups excluding carboxylic acids is 1. The number of aliphatic hydroxyl groups excluding tert-OH is 1. The lowest BCUT2D eigenvalue weighted by Gasteiger charge is -2.16. The average molecular weight is 284 g/mol. The molecule has 0 radical (unpaired) electrons. The quantitative estimate of drug-likeness (QED) is 0.310. The fraction of sp³-hybridized carbons (Fsp3) is 0.812. The molecular formula is C16H32N2O2. The van der Waals surface area contributed by atoms with E-state index >= 15 is 0 Å². The van der Waals surface area contributed by atoms with Gasteiger partial charge >= 0.3 is 0 Å². The largest absolute Gasteiger partial charge is 0.396 e. The summed E-state index contributed by atoms with van der Waals surface area (Å²) < 4.78 is 0. The normalized spacial score (nSPS) is 11.4. The van der Waals surface area contributed by atoms with Crippen LogP contribution in [0.2, 0.25) is 0 Å². The molecule has 0 aromatic rings. The molecule has 0 saturated heterocycles. The second kappa shape index (κ2) is 14.5. The zero-order valence-electron chi connectivity index (χ0n) is 13.2. The van der Waals surface area contributed by atoms with E-state index in [1.807, 2.05) is 26.1 Å². The summed E-state index contributed by atoms with van der Waals surface area (Å²) in [6.07, 6.45) is 12.5. The molecule has 0 aliphatic heterocycles. The molecule has 2 N–H and O–H groups in total. The molecule has 1 amide bonds. The maximum atomic E-state index is 11.4. The smallest absolute Gasteiger partial charge is 0.224 e. The van der Waals surface area contributed by atoms with E-state index in [1.54, 1.807) is 0 Å². The molecule has 0 spiro atoms. The second-order valence-corrected chi connectivity index (χ2v) is 5.31. The molecule has 0 aliphatic rings. The molecule has 4 heteroatoms. The summed E-state index contributed by atoms with van der Waals surface area (Å²) in [7, 11) is 2.04. The van der Waals surface area contributed by atoms with Gasteiger partial charge in [-0.2, -0.15) is 0 Å². The van der Waals surface area contributed by atoms with Gasteiger partial charge in [-0.25, -0.2) is 0 Å². The van der Waals surface area contributed by atoms with Crippen molar-refractivity contribution in [1.29, 1.82) is 0 Å². The molecule has 0 aliphatic carbocycles. The summed E-state index contributed by atoms with van der Waals surface area (Å²) >= 11 is 0. The lowest BCUT2D eigenvalue weighted by Crippen LogP contribution is -2.35. The van der Waals surface area contributed by atoms with E-state index in [9.17, 15) is 4.79 Å². The van der Waals surface area contributed by atoms with Crippen molar-refractivity contribution in [2.24, 2.45) is 0 Å². The van der Waals surface area contributed by atoms with Crippen molar-refractivity contribution >= 4 is 5.91 Å². The van der Waals surface area contributed by atoms with Gasteiger partial charge in [-0.3, -0.25) is 9.69 Å². The highest BCUT2D eigenvalue weighted by Gasteiger charge is 2.01. The van der Waals surface area contributed by atoms with Crippen LogP contribution in [0.15, 0.2) is 12.2 Å². The highest BCUT2D eigenvalue weighted by Crippen LogP contribution is 2.07. The molecule has 0 unspecified atom stereocenters. The Bertz CT molecular complexity index is 255. The fourth-order valence-corrected chi connectivity index (χ4v) is 1.98. The van der Waals surface area contributed by atoms with Crippen LogP contribution in [0.25, 0.3) is 0 Å².